The van der Waals surface area contributed by atoms with Crippen LogP contribution in [0, 0.1) is 17.8 Å². The van der Waals surface area contributed by atoms with E-state index in [1.165, 1.54) is 12.0 Å². The number of ether oxygens (including phenoxy) is 2. The summed E-state index contributed by atoms with van der Waals surface area (Å²) in [6, 6.07) is 10.4. The lowest BCUT2D eigenvalue weighted by Gasteiger charge is -2.33. The molecule has 3 rings (SSSR count). The summed E-state index contributed by atoms with van der Waals surface area (Å²) in [7, 11) is 0. The molecule has 2 fully saturated rings. The molecule has 1 heterocycles. The molecule has 0 bridgehead atoms. The quantitative estimate of drug-likeness (QED) is 0.789. The smallest absolute Gasteiger partial charge is 0.410 e. The fraction of sp³-hybridized carbons (Fsp3) is 0.667. The van der Waals surface area contributed by atoms with Gasteiger partial charge in [0.05, 0.1) is 13.2 Å². The molecule has 1 saturated carbocycles. The maximum atomic E-state index is 12.1. The van der Waals surface area contributed by atoms with Crippen molar-refractivity contribution < 1.29 is 14.3 Å². The summed E-state index contributed by atoms with van der Waals surface area (Å²) in [6.45, 7) is 8.99. The second kappa shape index (κ2) is 7.77. The highest BCUT2D eigenvalue weighted by molar-refractivity contribution is 5.68. The molecule has 2 atom stereocenters. The van der Waals surface area contributed by atoms with E-state index in [-0.39, 0.29) is 6.09 Å². The second-order valence-corrected chi connectivity index (χ2v) is 8.47. The van der Waals surface area contributed by atoms with Gasteiger partial charge >= 0.3 is 6.09 Å². The molecular weight excluding hydrogens is 314 g/mol. The predicted molar refractivity (Wildman–Crippen MR) is 98.2 cm³/mol. The maximum Gasteiger partial charge on any atom is 0.410 e. The van der Waals surface area contributed by atoms with Gasteiger partial charge in [-0.05, 0) is 63.4 Å². The van der Waals surface area contributed by atoms with Crippen LogP contribution >= 0.6 is 0 Å². The largest absolute Gasteiger partial charge is 0.444 e. The summed E-state index contributed by atoms with van der Waals surface area (Å²) in [6.07, 6.45) is 3.31. The summed E-state index contributed by atoms with van der Waals surface area (Å²) in [4.78, 5) is 14.0. The van der Waals surface area contributed by atoms with E-state index in [0.717, 1.165) is 44.4 Å². The Labute approximate surface area is 151 Å². The number of hydrogen-bond donors (Lipinski definition) is 0. The minimum Gasteiger partial charge on any atom is -0.444 e. The van der Waals surface area contributed by atoms with Gasteiger partial charge in [0.15, 0.2) is 0 Å². The number of amides is 1. The highest BCUT2D eigenvalue weighted by atomic mass is 16.6. The maximum absolute atomic E-state index is 12.1. The minimum atomic E-state index is -0.411. The van der Waals surface area contributed by atoms with Gasteiger partial charge in [0.25, 0.3) is 0 Å². The molecule has 0 unspecified atom stereocenters. The van der Waals surface area contributed by atoms with Gasteiger partial charge in [-0.15, -0.1) is 0 Å². The average molecular weight is 345 g/mol. The van der Waals surface area contributed by atoms with Gasteiger partial charge in [0.1, 0.15) is 5.60 Å². The first kappa shape index (κ1) is 18.2. The fourth-order valence-corrected chi connectivity index (χ4v) is 3.78. The zero-order valence-electron chi connectivity index (χ0n) is 15.7. The first-order valence-electron chi connectivity index (χ1n) is 9.52. The number of carbonyl (C=O) groups excluding carboxylic acids is 1. The van der Waals surface area contributed by atoms with E-state index in [2.05, 4.69) is 24.3 Å². The van der Waals surface area contributed by atoms with Gasteiger partial charge < -0.3 is 14.4 Å². The number of rotatable bonds is 5. The summed E-state index contributed by atoms with van der Waals surface area (Å²) < 4.78 is 11.4. The Morgan fingerprint density at radius 2 is 1.84 bits per heavy atom. The summed E-state index contributed by atoms with van der Waals surface area (Å²) in [5.74, 6) is 2.24. The van der Waals surface area contributed by atoms with Crippen molar-refractivity contribution >= 4 is 6.09 Å². The van der Waals surface area contributed by atoms with Crippen molar-refractivity contribution in [3.05, 3.63) is 35.9 Å². The normalized spacial score (nSPS) is 24.2. The number of benzene rings is 1. The third kappa shape index (κ3) is 5.46. The predicted octanol–water partition coefficient (Wildman–Crippen LogP) is 4.49. The minimum absolute atomic E-state index is 0.163. The van der Waals surface area contributed by atoms with E-state index < -0.39 is 5.60 Å². The van der Waals surface area contributed by atoms with Crippen LogP contribution < -0.4 is 0 Å². The van der Waals surface area contributed by atoms with Crippen molar-refractivity contribution in [1.82, 2.24) is 4.90 Å². The van der Waals surface area contributed by atoms with Crippen molar-refractivity contribution in [2.75, 3.05) is 19.7 Å². The Kier molecular flexibility index (Phi) is 5.67. The number of carbonyl (C=O) groups is 1. The Bertz CT molecular complexity index is 558. The number of hydrogen-bond acceptors (Lipinski definition) is 3. The van der Waals surface area contributed by atoms with Crippen LogP contribution in [-0.4, -0.2) is 36.3 Å². The van der Waals surface area contributed by atoms with E-state index in [9.17, 15) is 4.79 Å². The molecule has 1 aromatic carbocycles. The van der Waals surface area contributed by atoms with Gasteiger partial charge in [0.2, 0.25) is 0 Å². The van der Waals surface area contributed by atoms with Gasteiger partial charge in [-0.2, -0.15) is 0 Å². The zero-order valence-corrected chi connectivity index (χ0v) is 15.7. The third-order valence-corrected chi connectivity index (χ3v) is 5.22. The molecule has 25 heavy (non-hydrogen) atoms. The highest BCUT2D eigenvalue weighted by Gasteiger charge is 2.44. The van der Waals surface area contributed by atoms with Gasteiger partial charge in [-0.25, -0.2) is 4.79 Å². The van der Waals surface area contributed by atoms with E-state index in [1.807, 2.05) is 31.7 Å². The molecule has 4 nitrogen and oxygen atoms in total. The SMILES string of the molecule is CC(C)(C)OC(=O)N1CCC([C@H]2C[C@H]2COCc2ccccc2)CC1. The van der Waals surface area contributed by atoms with Crippen molar-refractivity contribution in [2.45, 2.75) is 52.2 Å². The van der Waals surface area contributed by atoms with Crippen molar-refractivity contribution in [3.8, 4) is 0 Å². The van der Waals surface area contributed by atoms with Crippen LogP contribution in [0.25, 0.3) is 0 Å². The highest BCUT2D eigenvalue weighted by Crippen LogP contribution is 2.48. The molecule has 0 spiro atoms. The van der Waals surface area contributed by atoms with Crippen LogP contribution in [0.1, 0.15) is 45.6 Å². The van der Waals surface area contributed by atoms with Crippen molar-refractivity contribution in [3.63, 3.8) is 0 Å². The van der Waals surface area contributed by atoms with Gasteiger partial charge in [-0.3, -0.25) is 0 Å². The Morgan fingerprint density at radius 3 is 2.48 bits per heavy atom. The van der Waals surface area contributed by atoms with Crippen LogP contribution in [0.3, 0.4) is 0 Å². The molecule has 0 radical (unpaired) electrons. The number of nitrogens with zero attached hydrogens (tertiary/aromatic N) is 1. The standard InChI is InChI=1S/C21H31NO3/c1-21(2,3)25-20(23)22-11-9-17(10-12-22)19-13-18(19)15-24-14-16-7-5-4-6-8-16/h4-8,17-19H,9-15H2,1-3H3/t18-,19+/m0/s1. The molecule has 1 aliphatic heterocycles. The lowest BCUT2D eigenvalue weighted by molar-refractivity contribution is 0.0170. The summed E-state index contributed by atoms with van der Waals surface area (Å²) >= 11 is 0. The number of piperidine rings is 1. The molecule has 1 aliphatic carbocycles. The Balaban J connectivity index is 1.34. The number of likely N-dealkylation sites (tertiary alicyclic amines) is 1. The summed E-state index contributed by atoms with van der Waals surface area (Å²) in [5.41, 5.74) is 0.830. The Morgan fingerprint density at radius 1 is 1.16 bits per heavy atom. The fourth-order valence-electron chi connectivity index (χ4n) is 3.78. The van der Waals surface area contributed by atoms with Crippen molar-refractivity contribution in [1.29, 1.82) is 0 Å². The monoisotopic (exact) mass is 345 g/mol. The van der Waals surface area contributed by atoms with Crippen molar-refractivity contribution in [2.24, 2.45) is 17.8 Å². The van der Waals surface area contributed by atoms with E-state index >= 15 is 0 Å². The van der Waals surface area contributed by atoms with E-state index in [1.54, 1.807) is 0 Å². The first-order chi connectivity index (χ1) is 11.9. The molecule has 1 amide bonds. The first-order valence-corrected chi connectivity index (χ1v) is 9.52. The lowest BCUT2D eigenvalue weighted by Crippen LogP contribution is -2.42. The second-order valence-electron chi connectivity index (χ2n) is 8.47. The molecule has 0 N–H and O–H groups in total. The zero-order chi connectivity index (χ0) is 17.9. The van der Waals surface area contributed by atoms with Crippen LogP contribution in [0.15, 0.2) is 30.3 Å². The van der Waals surface area contributed by atoms with E-state index in [0.29, 0.717) is 12.5 Å². The molecule has 1 aromatic rings. The van der Waals surface area contributed by atoms with Crippen LogP contribution in [0.2, 0.25) is 0 Å². The van der Waals surface area contributed by atoms with Crippen LogP contribution in [0.4, 0.5) is 4.79 Å². The molecule has 138 valence electrons. The van der Waals surface area contributed by atoms with Gasteiger partial charge in [0, 0.05) is 13.1 Å². The van der Waals surface area contributed by atoms with Crippen LogP contribution in [-0.2, 0) is 16.1 Å². The van der Waals surface area contributed by atoms with Gasteiger partial charge in [-0.1, -0.05) is 30.3 Å². The topological polar surface area (TPSA) is 38.8 Å². The molecule has 2 aliphatic rings. The third-order valence-electron chi connectivity index (χ3n) is 5.22. The summed E-state index contributed by atoms with van der Waals surface area (Å²) in [5, 5.41) is 0. The average Bonchev–Trinajstić information content (AvgIpc) is 3.34. The lowest BCUT2D eigenvalue weighted by atomic mass is 9.91. The molecule has 0 aromatic heterocycles. The van der Waals surface area contributed by atoms with E-state index in [4.69, 9.17) is 9.47 Å². The molecule has 4 heteroatoms. The molecular formula is C21H31NO3. The molecule has 1 saturated heterocycles. The Hall–Kier alpha value is -1.55. The van der Waals surface area contributed by atoms with Crippen LogP contribution in [0.5, 0.6) is 0 Å².